The third-order valence-electron chi connectivity index (χ3n) is 6.38. The fourth-order valence-electron chi connectivity index (χ4n) is 4.15. The molecule has 1 aliphatic heterocycles. The summed E-state index contributed by atoms with van der Waals surface area (Å²) < 4.78 is 2.04. The summed E-state index contributed by atoms with van der Waals surface area (Å²) in [5.41, 5.74) is 4.18. The van der Waals surface area contributed by atoms with Crippen molar-refractivity contribution in [1.29, 1.82) is 0 Å². The van der Waals surface area contributed by atoms with E-state index in [-0.39, 0.29) is 12.2 Å². The Morgan fingerprint density at radius 1 is 0.939 bits per heavy atom. The fraction of sp³-hybridized carbons (Fsp3) is 0.320. The van der Waals surface area contributed by atoms with Crippen molar-refractivity contribution in [2.24, 2.45) is 7.05 Å². The van der Waals surface area contributed by atoms with Gasteiger partial charge < -0.3 is 14.4 Å². The minimum atomic E-state index is 0.0333. The van der Waals surface area contributed by atoms with Gasteiger partial charge in [-0.05, 0) is 38.2 Å². The van der Waals surface area contributed by atoms with Crippen LogP contribution in [0.1, 0.15) is 21.9 Å². The minimum absolute atomic E-state index is 0.0333. The van der Waals surface area contributed by atoms with E-state index in [0.29, 0.717) is 5.56 Å². The molecule has 4 aromatic rings. The Hall–Kier alpha value is -3.65. The highest BCUT2D eigenvalue weighted by Crippen LogP contribution is 2.24. The highest BCUT2D eigenvalue weighted by molar-refractivity contribution is 5.98. The lowest BCUT2D eigenvalue weighted by molar-refractivity contribution is 0.0992. The van der Waals surface area contributed by atoms with Gasteiger partial charge in [-0.15, -0.1) is 0 Å². The van der Waals surface area contributed by atoms with E-state index in [4.69, 9.17) is 0 Å². The molecule has 4 aromatic heterocycles. The Morgan fingerprint density at radius 2 is 1.76 bits per heavy atom. The molecule has 0 saturated carbocycles. The van der Waals surface area contributed by atoms with Crippen molar-refractivity contribution in [2.45, 2.75) is 13.3 Å². The number of aryl methyl sites for hydroxylation is 1. The zero-order valence-corrected chi connectivity index (χ0v) is 19.2. The first-order valence-electron chi connectivity index (χ1n) is 11.1. The average molecular weight is 442 g/mol. The van der Waals surface area contributed by atoms with Gasteiger partial charge in [0.15, 0.2) is 5.78 Å². The number of ketones is 1. The van der Waals surface area contributed by atoms with Crippen LogP contribution in [0.3, 0.4) is 0 Å². The number of nitrogens with zero attached hydrogens (tertiary/aromatic N) is 7. The zero-order chi connectivity index (χ0) is 22.9. The van der Waals surface area contributed by atoms with Gasteiger partial charge in [-0.2, -0.15) is 0 Å². The number of carbonyl (C=O) groups is 1. The molecular formula is C25H27N7O. The van der Waals surface area contributed by atoms with Gasteiger partial charge in [0.25, 0.3) is 0 Å². The number of hydrogen-bond donors (Lipinski definition) is 0. The van der Waals surface area contributed by atoms with Gasteiger partial charge in [-0.1, -0.05) is 0 Å². The SMILES string of the molecule is Cc1ncc(-c2cnc3cnc(CC(=O)c4ccnc(N5CCN(C)CC5)c4)cc3c2)n1C. The molecule has 5 heterocycles. The third-order valence-corrected chi connectivity index (χ3v) is 6.38. The first kappa shape index (κ1) is 21.2. The average Bonchev–Trinajstić information content (AvgIpc) is 3.17. The smallest absolute Gasteiger partial charge is 0.169 e. The standard InChI is InChI=1S/C25H27N7O/c1-17-27-16-23(31(17)3)20-10-19-11-21(28-15-22(19)29-14-20)13-24(33)18-4-5-26-25(12-18)32-8-6-30(2)7-9-32/h4-5,10-12,14-16H,6-9,13H2,1-3H3. The summed E-state index contributed by atoms with van der Waals surface area (Å²) in [6.07, 6.45) is 7.38. The molecule has 0 atom stereocenters. The van der Waals surface area contributed by atoms with Crippen LogP contribution >= 0.6 is 0 Å². The summed E-state index contributed by atoms with van der Waals surface area (Å²) in [7, 11) is 4.11. The number of carbonyl (C=O) groups excluding carboxylic acids is 1. The second kappa shape index (κ2) is 8.71. The molecule has 1 fully saturated rings. The Morgan fingerprint density at radius 3 is 2.52 bits per heavy atom. The van der Waals surface area contributed by atoms with Gasteiger partial charge in [0, 0.05) is 67.8 Å². The number of Topliss-reactive ketones (excluding diaryl/α,β-unsaturated/α-hetero) is 1. The first-order chi connectivity index (χ1) is 16.0. The summed E-state index contributed by atoms with van der Waals surface area (Å²) >= 11 is 0. The molecule has 1 aliphatic rings. The molecule has 0 aromatic carbocycles. The molecule has 8 nitrogen and oxygen atoms in total. The van der Waals surface area contributed by atoms with E-state index in [2.05, 4.69) is 42.8 Å². The van der Waals surface area contributed by atoms with Crippen molar-refractivity contribution in [3.63, 3.8) is 0 Å². The summed E-state index contributed by atoms with van der Waals surface area (Å²) in [4.78, 5) is 35.5. The Balaban J connectivity index is 1.37. The van der Waals surface area contributed by atoms with E-state index >= 15 is 0 Å². The maximum Gasteiger partial charge on any atom is 0.169 e. The van der Waals surface area contributed by atoms with Crippen molar-refractivity contribution >= 4 is 22.5 Å². The number of hydrogen-bond acceptors (Lipinski definition) is 7. The zero-order valence-electron chi connectivity index (χ0n) is 19.2. The van der Waals surface area contributed by atoms with Gasteiger partial charge in [-0.25, -0.2) is 9.97 Å². The van der Waals surface area contributed by atoms with Crippen LogP contribution in [0.5, 0.6) is 0 Å². The minimum Gasteiger partial charge on any atom is -0.354 e. The van der Waals surface area contributed by atoms with E-state index in [1.807, 2.05) is 43.1 Å². The lowest BCUT2D eigenvalue weighted by Gasteiger charge is -2.33. The van der Waals surface area contributed by atoms with Gasteiger partial charge in [0.2, 0.25) is 0 Å². The van der Waals surface area contributed by atoms with Crippen molar-refractivity contribution in [1.82, 2.24) is 29.4 Å². The molecule has 0 radical (unpaired) electrons. The van der Waals surface area contributed by atoms with Crippen molar-refractivity contribution in [3.8, 4) is 11.3 Å². The summed E-state index contributed by atoms with van der Waals surface area (Å²) in [5.74, 6) is 1.84. The monoisotopic (exact) mass is 441 g/mol. The van der Waals surface area contributed by atoms with Gasteiger partial charge in [0.1, 0.15) is 11.6 Å². The summed E-state index contributed by atoms with van der Waals surface area (Å²) in [6.45, 7) is 5.79. The number of imidazole rings is 1. The molecule has 8 heteroatoms. The number of anilines is 1. The maximum atomic E-state index is 13.1. The number of rotatable bonds is 5. The molecule has 0 spiro atoms. The van der Waals surface area contributed by atoms with Gasteiger partial charge in [-0.3, -0.25) is 14.8 Å². The van der Waals surface area contributed by atoms with E-state index in [1.54, 1.807) is 18.5 Å². The topological polar surface area (TPSA) is 80.0 Å². The number of likely N-dealkylation sites (N-methyl/N-ethyl adjacent to an activating group) is 1. The summed E-state index contributed by atoms with van der Waals surface area (Å²) in [6, 6.07) is 7.72. The van der Waals surface area contributed by atoms with Gasteiger partial charge in [0.05, 0.1) is 30.0 Å². The van der Waals surface area contributed by atoms with Crippen molar-refractivity contribution in [3.05, 3.63) is 66.1 Å². The maximum absolute atomic E-state index is 13.1. The highest BCUT2D eigenvalue weighted by Gasteiger charge is 2.17. The highest BCUT2D eigenvalue weighted by atomic mass is 16.1. The predicted octanol–water partition coefficient (Wildman–Crippen LogP) is 2.91. The second-order valence-corrected chi connectivity index (χ2v) is 8.63. The number of piperazine rings is 1. The van der Waals surface area contributed by atoms with Crippen LogP contribution in [0.4, 0.5) is 5.82 Å². The normalized spacial score (nSPS) is 14.7. The lowest BCUT2D eigenvalue weighted by Crippen LogP contribution is -2.44. The van der Waals surface area contributed by atoms with E-state index in [0.717, 1.165) is 65.7 Å². The van der Waals surface area contributed by atoms with Crippen LogP contribution in [0.15, 0.2) is 49.1 Å². The molecule has 0 bridgehead atoms. The predicted molar refractivity (Wildman–Crippen MR) is 128 cm³/mol. The molecule has 33 heavy (non-hydrogen) atoms. The fourth-order valence-corrected chi connectivity index (χ4v) is 4.15. The van der Waals surface area contributed by atoms with Gasteiger partial charge >= 0.3 is 0 Å². The molecule has 168 valence electrons. The molecule has 0 amide bonds. The Labute approximate surface area is 192 Å². The second-order valence-electron chi connectivity index (χ2n) is 8.63. The molecule has 5 rings (SSSR count). The molecule has 0 unspecified atom stereocenters. The van der Waals surface area contributed by atoms with Crippen LogP contribution in [0, 0.1) is 6.92 Å². The molecular weight excluding hydrogens is 414 g/mol. The molecule has 0 aliphatic carbocycles. The van der Waals surface area contributed by atoms with Crippen molar-refractivity contribution in [2.75, 3.05) is 38.1 Å². The Kier molecular flexibility index (Phi) is 5.60. The van der Waals surface area contributed by atoms with Crippen molar-refractivity contribution < 1.29 is 4.79 Å². The third kappa shape index (κ3) is 4.34. The van der Waals surface area contributed by atoms with E-state index < -0.39 is 0 Å². The number of aromatic nitrogens is 5. The quantitative estimate of drug-likeness (QED) is 0.441. The number of pyridine rings is 3. The number of fused-ring (bicyclic) bond motifs is 1. The molecule has 0 N–H and O–H groups in total. The largest absolute Gasteiger partial charge is 0.354 e. The van der Waals surface area contributed by atoms with E-state index in [9.17, 15) is 4.79 Å². The summed E-state index contributed by atoms with van der Waals surface area (Å²) in [5, 5.41) is 0.956. The Bertz CT molecular complexity index is 1320. The lowest BCUT2D eigenvalue weighted by atomic mass is 10.1. The van der Waals surface area contributed by atoms with Crippen LogP contribution in [-0.4, -0.2) is 68.4 Å². The van der Waals surface area contributed by atoms with Crippen LogP contribution in [0.2, 0.25) is 0 Å². The molecule has 1 saturated heterocycles. The first-order valence-corrected chi connectivity index (χ1v) is 11.1. The van der Waals surface area contributed by atoms with E-state index in [1.165, 1.54) is 0 Å². The van der Waals surface area contributed by atoms with Crippen LogP contribution in [0.25, 0.3) is 22.2 Å². The van der Waals surface area contributed by atoms with Crippen LogP contribution < -0.4 is 4.90 Å². The van der Waals surface area contributed by atoms with Crippen LogP contribution in [-0.2, 0) is 13.5 Å².